The van der Waals surface area contributed by atoms with Crippen molar-refractivity contribution in [2.75, 3.05) is 7.11 Å². The standard InChI is InChI=1S/C14H18N2O2/c1-18-12-8-10-5-6-11(9-12)16(10)14(17)13-4-2-3-7-15-13/h2-4,7,10-12H,5-6,8-9H2,1H3. The van der Waals surface area contributed by atoms with E-state index in [1.54, 1.807) is 19.4 Å². The van der Waals surface area contributed by atoms with E-state index in [9.17, 15) is 4.79 Å². The number of ether oxygens (including phenoxy) is 1. The van der Waals surface area contributed by atoms with Crippen LogP contribution in [0.25, 0.3) is 0 Å². The van der Waals surface area contributed by atoms with Gasteiger partial charge in [-0.25, -0.2) is 0 Å². The van der Waals surface area contributed by atoms with Crippen molar-refractivity contribution in [3.8, 4) is 0 Å². The predicted octanol–water partition coefficient (Wildman–Crippen LogP) is 1.86. The molecular weight excluding hydrogens is 228 g/mol. The number of nitrogens with zero attached hydrogens (tertiary/aromatic N) is 2. The van der Waals surface area contributed by atoms with Crippen LogP contribution in [0.1, 0.15) is 36.2 Å². The van der Waals surface area contributed by atoms with Gasteiger partial charge in [0, 0.05) is 25.4 Å². The molecule has 3 rings (SSSR count). The summed E-state index contributed by atoms with van der Waals surface area (Å²) in [5, 5.41) is 0. The molecule has 0 aliphatic carbocycles. The second-order valence-corrected chi connectivity index (χ2v) is 5.14. The Hall–Kier alpha value is -1.42. The van der Waals surface area contributed by atoms with Crippen molar-refractivity contribution in [1.29, 1.82) is 0 Å². The fourth-order valence-electron chi connectivity index (χ4n) is 3.27. The third kappa shape index (κ3) is 1.90. The molecule has 2 bridgehead atoms. The molecule has 0 radical (unpaired) electrons. The summed E-state index contributed by atoms with van der Waals surface area (Å²) in [6.45, 7) is 0. The molecule has 2 unspecified atom stereocenters. The van der Waals surface area contributed by atoms with E-state index in [-0.39, 0.29) is 5.91 Å². The normalized spacial score (nSPS) is 30.5. The smallest absolute Gasteiger partial charge is 0.272 e. The minimum absolute atomic E-state index is 0.0812. The van der Waals surface area contributed by atoms with Gasteiger partial charge in [-0.2, -0.15) is 0 Å². The first-order valence-electron chi connectivity index (χ1n) is 6.56. The number of aromatic nitrogens is 1. The summed E-state index contributed by atoms with van der Waals surface area (Å²) in [5.41, 5.74) is 0.560. The van der Waals surface area contributed by atoms with Crippen LogP contribution in [0.3, 0.4) is 0 Å². The van der Waals surface area contributed by atoms with Gasteiger partial charge < -0.3 is 9.64 Å². The number of carbonyl (C=O) groups is 1. The summed E-state index contributed by atoms with van der Waals surface area (Å²) >= 11 is 0. The summed E-state index contributed by atoms with van der Waals surface area (Å²) < 4.78 is 5.45. The van der Waals surface area contributed by atoms with Crippen molar-refractivity contribution in [2.45, 2.75) is 43.9 Å². The maximum absolute atomic E-state index is 12.5. The van der Waals surface area contributed by atoms with Crippen molar-refractivity contribution in [1.82, 2.24) is 9.88 Å². The highest BCUT2D eigenvalue weighted by atomic mass is 16.5. The third-order valence-corrected chi connectivity index (χ3v) is 4.14. The molecular formula is C14H18N2O2. The van der Waals surface area contributed by atoms with Gasteiger partial charge in [-0.05, 0) is 37.8 Å². The molecule has 2 fully saturated rings. The van der Waals surface area contributed by atoms with E-state index < -0.39 is 0 Å². The molecule has 4 nitrogen and oxygen atoms in total. The summed E-state index contributed by atoms with van der Waals surface area (Å²) in [5.74, 6) is 0.0812. The number of amides is 1. The molecule has 96 valence electrons. The average molecular weight is 246 g/mol. The number of piperidine rings is 1. The number of fused-ring (bicyclic) bond motifs is 2. The lowest BCUT2D eigenvalue weighted by Gasteiger charge is -2.38. The van der Waals surface area contributed by atoms with E-state index >= 15 is 0 Å². The van der Waals surface area contributed by atoms with Crippen LogP contribution in [0, 0.1) is 0 Å². The van der Waals surface area contributed by atoms with Crippen molar-refractivity contribution < 1.29 is 9.53 Å². The Morgan fingerprint density at radius 2 is 2.06 bits per heavy atom. The molecule has 2 aliphatic rings. The molecule has 1 aromatic heterocycles. The van der Waals surface area contributed by atoms with E-state index in [4.69, 9.17) is 4.74 Å². The minimum Gasteiger partial charge on any atom is -0.381 e. The van der Waals surface area contributed by atoms with Crippen LogP contribution < -0.4 is 0 Å². The van der Waals surface area contributed by atoms with Crippen LogP contribution in [0.15, 0.2) is 24.4 Å². The minimum atomic E-state index is 0.0812. The second kappa shape index (κ2) is 4.69. The van der Waals surface area contributed by atoms with E-state index in [1.165, 1.54) is 0 Å². The Labute approximate surface area is 107 Å². The van der Waals surface area contributed by atoms with Gasteiger partial charge in [0.2, 0.25) is 0 Å². The first kappa shape index (κ1) is 11.7. The quantitative estimate of drug-likeness (QED) is 0.800. The van der Waals surface area contributed by atoms with Gasteiger partial charge in [0.25, 0.3) is 5.91 Å². The third-order valence-electron chi connectivity index (χ3n) is 4.14. The van der Waals surface area contributed by atoms with Crippen molar-refractivity contribution in [3.05, 3.63) is 30.1 Å². The van der Waals surface area contributed by atoms with Gasteiger partial charge in [0.1, 0.15) is 5.69 Å². The molecule has 18 heavy (non-hydrogen) atoms. The highest BCUT2D eigenvalue weighted by Gasteiger charge is 2.43. The van der Waals surface area contributed by atoms with E-state index in [0.29, 0.717) is 23.9 Å². The van der Waals surface area contributed by atoms with Crippen molar-refractivity contribution in [3.63, 3.8) is 0 Å². The SMILES string of the molecule is COC1CC2CCC(C1)N2C(=O)c1ccccn1. The van der Waals surface area contributed by atoms with E-state index in [2.05, 4.69) is 4.98 Å². The molecule has 2 saturated heterocycles. The molecule has 0 N–H and O–H groups in total. The number of carbonyl (C=O) groups excluding carboxylic acids is 1. The molecule has 0 aromatic carbocycles. The highest BCUT2D eigenvalue weighted by molar-refractivity contribution is 5.93. The van der Waals surface area contributed by atoms with Crippen LogP contribution in [0.2, 0.25) is 0 Å². The number of hydrogen-bond acceptors (Lipinski definition) is 3. The Kier molecular flexibility index (Phi) is 3.04. The Morgan fingerprint density at radius 1 is 1.33 bits per heavy atom. The van der Waals surface area contributed by atoms with Gasteiger partial charge in [0.15, 0.2) is 0 Å². The zero-order valence-corrected chi connectivity index (χ0v) is 10.6. The Balaban J connectivity index is 1.80. The largest absolute Gasteiger partial charge is 0.381 e. The number of methoxy groups -OCH3 is 1. The summed E-state index contributed by atoms with van der Waals surface area (Å²) in [7, 11) is 1.76. The van der Waals surface area contributed by atoms with Crippen LogP contribution in [0.4, 0.5) is 0 Å². The lowest BCUT2D eigenvalue weighted by atomic mass is 9.99. The van der Waals surface area contributed by atoms with E-state index in [1.807, 2.05) is 17.0 Å². The first-order chi connectivity index (χ1) is 8.79. The fraction of sp³-hybridized carbons (Fsp3) is 0.571. The molecule has 0 spiro atoms. The molecule has 1 aromatic rings. The number of hydrogen-bond donors (Lipinski definition) is 0. The molecule has 0 saturated carbocycles. The van der Waals surface area contributed by atoms with Gasteiger partial charge in [-0.1, -0.05) is 6.07 Å². The van der Waals surface area contributed by atoms with Crippen molar-refractivity contribution in [2.24, 2.45) is 0 Å². The van der Waals surface area contributed by atoms with Crippen molar-refractivity contribution >= 4 is 5.91 Å². The summed E-state index contributed by atoms with van der Waals surface area (Å²) in [6, 6.07) is 6.17. The molecule has 3 heterocycles. The molecule has 2 atom stereocenters. The maximum atomic E-state index is 12.5. The number of rotatable bonds is 2. The van der Waals surface area contributed by atoms with Gasteiger partial charge >= 0.3 is 0 Å². The van der Waals surface area contributed by atoms with Crippen LogP contribution in [-0.2, 0) is 4.74 Å². The predicted molar refractivity (Wildman–Crippen MR) is 67.2 cm³/mol. The Bertz CT molecular complexity index is 421. The van der Waals surface area contributed by atoms with Crippen LogP contribution >= 0.6 is 0 Å². The van der Waals surface area contributed by atoms with Gasteiger partial charge in [-0.15, -0.1) is 0 Å². The maximum Gasteiger partial charge on any atom is 0.272 e. The summed E-state index contributed by atoms with van der Waals surface area (Å²) in [6.07, 6.45) is 6.12. The monoisotopic (exact) mass is 246 g/mol. The second-order valence-electron chi connectivity index (χ2n) is 5.14. The first-order valence-corrected chi connectivity index (χ1v) is 6.56. The topological polar surface area (TPSA) is 42.4 Å². The average Bonchev–Trinajstić information content (AvgIpc) is 2.69. The zero-order chi connectivity index (χ0) is 12.5. The fourth-order valence-corrected chi connectivity index (χ4v) is 3.27. The molecule has 2 aliphatic heterocycles. The van der Waals surface area contributed by atoms with Gasteiger partial charge in [-0.3, -0.25) is 9.78 Å². The van der Waals surface area contributed by atoms with Crippen LogP contribution in [-0.4, -0.2) is 41.1 Å². The summed E-state index contributed by atoms with van der Waals surface area (Å²) in [4.78, 5) is 18.7. The highest BCUT2D eigenvalue weighted by Crippen LogP contribution is 2.37. The lowest BCUT2D eigenvalue weighted by Crippen LogP contribution is -2.48. The lowest BCUT2D eigenvalue weighted by molar-refractivity contribution is 0.00794. The van der Waals surface area contributed by atoms with Gasteiger partial charge in [0.05, 0.1) is 6.10 Å². The number of pyridine rings is 1. The molecule has 4 heteroatoms. The van der Waals surface area contributed by atoms with Crippen LogP contribution in [0.5, 0.6) is 0 Å². The van der Waals surface area contributed by atoms with E-state index in [0.717, 1.165) is 25.7 Å². The Morgan fingerprint density at radius 3 is 2.61 bits per heavy atom. The molecule has 1 amide bonds. The zero-order valence-electron chi connectivity index (χ0n) is 10.6.